The van der Waals surface area contributed by atoms with Gasteiger partial charge in [0, 0.05) is 25.2 Å². The lowest BCUT2D eigenvalue weighted by molar-refractivity contribution is -0.131. The van der Waals surface area contributed by atoms with Crippen LogP contribution in [0.5, 0.6) is 0 Å². The summed E-state index contributed by atoms with van der Waals surface area (Å²) < 4.78 is 5.62. The van der Waals surface area contributed by atoms with Gasteiger partial charge in [-0.2, -0.15) is 5.10 Å². The van der Waals surface area contributed by atoms with Crippen molar-refractivity contribution < 1.29 is 9.53 Å². The van der Waals surface area contributed by atoms with E-state index in [4.69, 9.17) is 4.74 Å². The van der Waals surface area contributed by atoms with E-state index in [9.17, 15) is 4.79 Å². The molecule has 1 amide bonds. The van der Waals surface area contributed by atoms with Gasteiger partial charge in [0.05, 0.1) is 18.4 Å². The van der Waals surface area contributed by atoms with Crippen LogP contribution in [0.4, 0.5) is 0 Å². The summed E-state index contributed by atoms with van der Waals surface area (Å²) in [6, 6.07) is 0. The zero-order valence-corrected chi connectivity index (χ0v) is 13.2. The Morgan fingerprint density at radius 1 is 1.62 bits per heavy atom. The van der Waals surface area contributed by atoms with Gasteiger partial charge in [-0.25, -0.2) is 0 Å². The van der Waals surface area contributed by atoms with Crippen molar-refractivity contribution in [2.45, 2.75) is 45.6 Å². The number of aryl methyl sites for hydroxylation is 2. The van der Waals surface area contributed by atoms with Crippen LogP contribution in [-0.4, -0.2) is 46.8 Å². The number of hydrogen-bond acceptors (Lipinski definition) is 3. The Bertz CT molecular complexity index is 490. The zero-order valence-electron chi connectivity index (χ0n) is 13.2. The minimum Gasteiger partial charge on any atom is -0.372 e. The average Bonchev–Trinajstić information content (AvgIpc) is 3.03. The maximum Gasteiger partial charge on any atom is 0.223 e. The van der Waals surface area contributed by atoms with Crippen molar-refractivity contribution in [3.05, 3.63) is 29.6 Å². The van der Waals surface area contributed by atoms with Gasteiger partial charge in [-0.3, -0.25) is 9.89 Å². The van der Waals surface area contributed by atoms with Gasteiger partial charge in [-0.1, -0.05) is 13.0 Å². The highest BCUT2D eigenvalue weighted by Crippen LogP contribution is 2.26. The highest BCUT2D eigenvalue weighted by molar-refractivity contribution is 5.77. The normalized spacial score (nSPS) is 19.8. The number of carbonyl (C=O) groups excluding carboxylic acids is 1. The number of amides is 1. The number of aromatic nitrogens is 2. The Hall–Kier alpha value is -1.62. The Labute approximate surface area is 126 Å². The number of aromatic amines is 1. The first-order chi connectivity index (χ1) is 10.0. The fourth-order valence-corrected chi connectivity index (χ4v) is 3.07. The van der Waals surface area contributed by atoms with E-state index < -0.39 is 0 Å². The average molecular weight is 291 g/mol. The molecule has 116 valence electrons. The Morgan fingerprint density at radius 3 is 3.00 bits per heavy atom. The molecular weight excluding hydrogens is 266 g/mol. The van der Waals surface area contributed by atoms with Gasteiger partial charge in [0.1, 0.15) is 0 Å². The maximum absolute atomic E-state index is 12.4. The second-order valence-electron chi connectivity index (χ2n) is 5.83. The van der Waals surface area contributed by atoms with Crippen LogP contribution in [0.2, 0.25) is 0 Å². The molecule has 0 aliphatic carbocycles. The number of likely N-dealkylation sites (tertiary alicyclic amines) is 1. The maximum atomic E-state index is 12.4. The van der Waals surface area contributed by atoms with E-state index in [-0.39, 0.29) is 17.9 Å². The first-order valence-corrected chi connectivity index (χ1v) is 7.54. The van der Waals surface area contributed by atoms with Crippen molar-refractivity contribution in [3.8, 4) is 0 Å². The standard InChI is InChI=1S/C16H25N3O2/c1-5-8-21-14-6-7-19(10-14)15(20)9-11(2)16-12(3)17-18-13(16)4/h5,11,14H,1,6-10H2,2-4H3,(H,17,18)/t11-,14-/m0/s1. The van der Waals surface area contributed by atoms with Crippen LogP contribution in [0.1, 0.15) is 42.6 Å². The molecular formula is C16H25N3O2. The van der Waals surface area contributed by atoms with Crippen molar-refractivity contribution in [2.75, 3.05) is 19.7 Å². The lowest BCUT2D eigenvalue weighted by Gasteiger charge is -2.19. The van der Waals surface area contributed by atoms with E-state index in [0.717, 1.165) is 24.4 Å². The summed E-state index contributed by atoms with van der Waals surface area (Å²) in [5.74, 6) is 0.386. The number of hydrogen-bond donors (Lipinski definition) is 1. The number of nitrogens with one attached hydrogen (secondary N) is 1. The molecule has 2 atom stereocenters. The van der Waals surface area contributed by atoms with Gasteiger partial charge in [-0.15, -0.1) is 6.58 Å². The molecule has 1 saturated heterocycles. The van der Waals surface area contributed by atoms with Gasteiger partial charge in [-0.05, 0) is 31.7 Å². The molecule has 1 aliphatic rings. The molecule has 21 heavy (non-hydrogen) atoms. The van der Waals surface area contributed by atoms with Gasteiger partial charge in [0.2, 0.25) is 5.91 Å². The smallest absolute Gasteiger partial charge is 0.223 e. The topological polar surface area (TPSA) is 58.2 Å². The highest BCUT2D eigenvalue weighted by atomic mass is 16.5. The molecule has 5 heteroatoms. The van der Waals surface area contributed by atoms with Crippen molar-refractivity contribution in [2.24, 2.45) is 0 Å². The van der Waals surface area contributed by atoms with Crippen LogP contribution < -0.4 is 0 Å². The predicted octanol–water partition coefficient (Wildman–Crippen LogP) is 2.32. The van der Waals surface area contributed by atoms with Crippen LogP contribution >= 0.6 is 0 Å². The third kappa shape index (κ3) is 3.73. The fourth-order valence-electron chi connectivity index (χ4n) is 3.07. The quantitative estimate of drug-likeness (QED) is 0.818. The van der Waals surface area contributed by atoms with Crippen LogP contribution in [-0.2, 0) is 9.53 Å². The summed E-state index contributed by atoms with van der Waals surface area (Å²) in [5.41, 5.74) is 3.21. The van der Waals surface area contributed by atoms with E-state index in [1.807, 2.05) is 18.7 Å². The number of carbonyl (C=O) groups is 1. The van der Waals surface area contributed by atoms with E-state index in [1.165, 1.54) is 5.56 Å². The molecule has 0 radical (unpaired) electrons. The molecule has 2 rings (SSSR count). The van der Waals surface area contributed by atoms with Gasteiger partial charge >= 0.3 is 0 Å². The van der Waals surface area contributed by atoms with E-state index >= 15 is 0 Å². The molecule has 1 aromatic heterocycles. The first-order valence-electron chi connectivity index (χ1n) is 7.54. The SMILES string of the molecule is C=CCO[C@H]1CCN(C(=O)C[C@H](C)c2c(C)n[nH]c2C)C1. The number of nitrogens with zero attached hydrogens (tertiary/aromatic N) is 2. The predicted molar refractivity (Wildman–Crippen MR) is 82.2 cm³/mol. The Kier molecular flexibility index (Phi) is 5.17. The molecule has 0 unspecified atom stereocenters. The fraction of sp³-hybridized carbons (Fsp3) is 0.625. The van der Waals surface area contributed by atoms with Gasteiger partial charge in [0.25, 0.3) is 0 Å². The lowest BCUT2D eigenvalue weighted by atomic mass is 9.95. The zero-order chi connectivity index (χ0) is 15.4. The molecule has 1 fully saturated rings. The van der Waals surface area contributed by atoms with Crippen LogP contribution in [0.25, 0.3) is 0 Å². The monoisotopic (exact) mass is 291 g/mol. The molecule has 0 saturated carbocycles. The summed E-state index contributed by atoms with van der Waals surface area (Å²) in [6.07, 6.45) is 3.34. The van der Waals surface area contributed by atoms with E-state index in [0.29, 0.717) is 19.6 Å². The Morgan fingerprint density at radius 2 is 2.38 bits per heavy atom. The largest absolute Gasteiger partial charge is 0.372 e. The summed E-state index contributed by atoms with van der Waals surface area (Å²) >= 11 is 0. The highest BCUT2D eigenvalue weighted by Gasteiger charge is 2.28. The minimum absolute atomic E-state index is 0.152. The molecule has 0 bridgehead atoms. The van der Waals surface area contributed by atoms with Crippen molar-refractivity contribution in [1.82, 2.24) is 15.1 Å². The van der Waals surface area contributed by atoms with Crippen molar-refractivity contribution >= 4 is 5.91 Å². The molecule has 5 nitrogen and oxygen atoms in total. The second-order valence-corrected chi connectivity index (χ2v) is 5.83. The van der Waals surface area contributed by atoms with Crippen molar-refractivity contribution in [1.29, 1.82) is 0 Å². The first kappa shape index (κ1) is 15.8. The molecule has 2 heterocycles. The molecule has 1 aromatic rings. The summed E-state index contributed by atoms with van der Waals surface area (Å²) in [6.45, 7) is 11.8. The molecule has 1 aliphatic heterocycles. The summed E-state index contributed by atoms with van der Waals surface area (Å²) in [5, 5.41) is 7.20. The Balaban J connectivity index is 1.89. The second kappa shape index (κ2) is 6.89. The van der Waals surface area contributed by atoms with E-state index in [2.05, 4.69) is 23.7 Å². The number of ether oxygens (including phenoxy) is 1. The third-order valence-electron chi connectivity index (χ3n) is 4.11. The van der Waals surface area contributed by atoms with Crippen LogP contribution in [0.3, 0.4) is 0 Å². The van der Waals surface area contributed by atoms with Crippen LogP contribution in [0.15, 0.2) is 12.7 Å². The lowest BCUT2D eigenvalue weighted by Crippen LogP contribution is -2.31. The third-order valence-corrected chi connectivity index (χ3v) is 4.11. The minimum atomic E-state index is 0.152. The van der Waals surface area contributed by atoms with E-state index in [1.54, 1.807) is 6.08 Å². The van der Waals surface area contributed by atoms with Gasteiger partial charge in [0.15, 0.2) is 0 Å². The molecule has 0 spiro atoms. The molecule has 1 N–H and O–H groups in total. The van der Waals surface area contributed by atoms with Crippen LogP contribution in [0, 0.1) is 13.8 Å². The number of rotatable bonds is 6. The number of H-pyrrole nitrogens is 1. The van der Waals surface area contributed by atoms with Crippen molar-refractivity contribution in [3.63, 3.8) is 0 Å². The summed E-state index contributed by atoms with van der Waals surface area (Å²) in [7, 11) is 0. The summed E-state index contributed by atoms with van der Waals surface area (Å²) in [4.78, 5) is 14.3. The van der Waals surface area contributed by atoms with Gasteiger partial charge < -0.3 is 9.64 Å². The molecule has 0 aromatic carbocycles.